The lowest BCUT2D eigenvalue weighted by molar-refractivity contribution is -0.870. The summed E-state index contributed by atoms with van der Waals surface area (Å²) >= 11 is 0. The Bertz CT molecular complexity index is 1650. The maximum Gasteiger partial charge on any atom is 0.306 e. The van der Waals surface area contributed by atoms with E-state index in [-0.39, 0.29) is 31.3 Å². The Balaban J connectivity index is 5.47. The zero-order valence-electron chi connectivity index (χ0n) is 49.0. The van der Waals surface area contributed by atoms with Crippen molar-refractivity contribution in [2.75, 3.05) is 40.9 Å². The summed E-state index contributed by atoms with van der Waals surface area (Å²) in [5.41, 5.74) is 0. The van der Waals surface area contributed by atoms with E-state index in [1.165, 1.54) is 103 Å². The highest BCUT2D eigenvalue weighted by Crippen LogP contribution is 2.38. The van der Waals surface area contributed by atoms with Gasteiger partial charge in [-0.05, 0) is 102 Å². The van der Waals surface area contributed by atoms with Crippen molar-refractivity contribution in [1.82, 2.24) is 5.32 Å². The van der Waals surface area contributed by atoms with Gasteiger partial charge in [0.1, 0.15) is 19.3 Å². The Morgan fingerprint density at radius 1 is 0.480 bits per heavy atom. The molecule has 10 heteroatoms. The quantitative estimate of drug-likeness (QED) is 0.0212. The Morgan fingerprint density at radius 3 is 1.33 bits per heavy atom. The molecule has 0 fully saturated rings. The molecule has 0 aromatic rings. The van der Waals surface area contributed by atoms with Crippen LogP contribution in [0.25, 0.3) is 0 Å². The molecule has 0 saturated carbocycles. The van der Waals surface area contributed by atoms with Crippen molar-refractivity contribution >= 4 is 19.7 Å². The van der Waals surface area contributed by atoms with E-state index in [1.807, 2.05) is 45.4 Å². The molecule has 0 aromatic heterocycles. The van der Waals surface area contributed by atoms with Crippen molar-refractivity contribution in [3.05, 3.63) is 109 Å². The minimum Gasteiger partial charge on any atom is -0.756 e. The summed E-state index contributed by atoms with van der Waals surface area (Å²) in [4.78, 5) is 39.9. The summed E-state index contributed by atoms with van der Waals surface area (Å²) in [5, 5.41) is 2.97. The maximum absolute atomic E-state index is 13.5. The van der Waals surface area contributed by atoms with Crippen molar-refractivity contribution in [3.63, 3.8) is 0 Å². The van der Waals surface area contributed by atoms with Crippen LogP contribution in [0.1, 0.15) is 239 Å². The van der Waals surface area contributed by atoms with Crippen molar-refractivity contribution in [2.45, 2.75) is 251 Å². The number of hydrogen-bond donors (Lipinski definition) is 1. The topological polar surface area (TPSA) is 114 Å². The monoisotopic (exact) mass is 1060 g/mol. The Morgan fingerprint density at radius 2 is 0.867 bits per heavy atom. The summed E-state index contributed by atoms with van der Waals surface area (Å²) in [6.45, 7) is 6.63. The second-order valence-corrected chi connectivity index (χ2v) is 22.5. The van der Waals surface area contributed by atoms with Crippen molar-refractivity contribution in [1.29, 1.82) is 0 Å². The Hall–Kier alpha value is -3.33. The SMILES string of the molecule is CC/C=C\C/C=C\C/C=C\C/C=C\C/C=C\C/C=C\CCC(=O)NC(COP(=O)([O-])OCC[N+](C)(C)C)C(/C=C/CCCCCCCCCCCCC)OC(=O)CCCCCCCCC/C=C\C/C=C\CCCCC. The summed E-state index contributed by atoms with van der Waals surface area (Å²) in [7, 11) is 1.12. The fourth-order valence-electron chi connectivity index (χ4n) is 8.04. The zero-order chi connectivity index (χ0) is 55.0. The van der Waals surface area contributed by atoms with E-state index in [0.29, 0.717) is 23.9 Å². The molecule has 0 aliphatic carbocycles. The van der Waals surface area contributed by atoms with E-state index in [2.05, 4.69) is 111 Å². The average molecular weight is 1070 g/mol. The number of phosphoric ester groups is 1. The van der Waals surface area contributed by atoms with Gasteiger partial charge in [0.15, 0.2) is 0 Å². The van der Waals surface area contributed by atoms with Crippen LogP contribution in [0.5, 0.6) is 0 Å². The fraction of sp³-hybridized carbons (Fsp3) is 0.692. The predicted octanol–water partition coefficient (Wildman–Crippen LogP) is 17.9. The number of likely N-dealkylation sites (N-methyl/N-ethyl adjacent to an activating group) is 1. The molecule has 3 atom stereocenters. The first-order chi connectivity index (χ1) is 36.4. The Labute approximate surface area is 461 Å². The highest BCUT2D eigenvalue weighted by atomic mass is 31.2. The second-order valence-electron chi connectivity index (χ2n) is 21.1. The zero-order valence-corrected chi connectivity index (χ0v) is 49.9. The summed E-state index contributed by atoms with van der Waals surface area (Å²) in [6.07, 6.45) is 73.5. The lowest BCUT2D eigenvalue weighted by Gasteiger charge is -2.30. The van der Waals surface area contributed by atoms with E-state index >= 15 is 0 Å². The van der Waals surface area contributed by atoms with Gasteiger partial charge < -0.3 is 28.5 Å². The summed E-state index contributed by atoms with van der Waals surface area (Å²) in [6, 6.07) is -0.938. The molecule has 1 amide bonds. The van der Waals surface area contributed by atoms with Crippen molar-refractivity contribution in [2.24, 2.45) is 0 Å². The van der Waals surface area contributed by atoms with E-state index in [9.17, 15) is 19.0 Å². The van der Waals surface area contributed by atoms with Gasteiger partial charge in [-0.25, -0.2) is 0 Å². The molecule has 0 aliphatic rings. The number of esters is 1. The van der Waals surface area contributed by atoms with Crippen LogP contribution < -0.4 is 10.2 Å². The van der Waals surface area contributed by atoms with Crippen LogP contribution in [-0.4, -0.2) is 69.4 Å². The first-order valence-electron chi connectivity index (χ1n) is 30.2. The second kappa shape index (κ2) is 54.0. The summed E-state index contributed by atoms with van der Waals surface area (Å²) in [5.74, 6) is -0.653. The third kappa shape index (κ3) is 55.2. The van der Waals surface area contributed by atoms with Crippen LogP contribution in [0, 0.1) is 0 Å². The van der Waals surface area contributed by atoms with Crippen LogP contribution in [-0.2, 0) is 27.9 Å². The van der Waals surface area contributed by atoms with E-state index < -0.39 is 26.6 Å². The van der Waals surface area contributed by atoms with Gasteiger partial charge in [0.25, 0.3) is 7.82 Å². The standard InChI is InChI=1S/C65H113N2O7P/c1-7-10-13-16-19-22-25-28-30-32-33-35-36-39-42-45-48-51-54-57-64(68)66-62(61-73-75(70,71)72-60-59-67(4,5)6)63(56-53-50-47-44-41-38-27-24-21-18-15-12-9-3)74-65(69)58-55-52-49-46-43-40-37-34-31-29-26-23-20-17-14-11-8-2/h10,13,19-20,22-23,28-31,33,35,39,42,48,51,53,56,62-63H,7-9,11-12,14-18,21,24-27,32,34,36-38,40-41,43-47,49-50,52,54-55,57-61H2,1-6H3,(H-,66,68,70,71)/b13-10-,22-19-,23-20-,30-28-,31-29-,35-33-,42-39-,51-48-,56-53+. The first kappa shape index (κ1) is 71.7. The van der Waals surface area contributed by atoms with Gasteiger partial charge in [-0.15, -0.1) is 0 Å². The minimum absolute atomic E-state index is 0.0424. The number of carbonyl (C=O) groups excluding carboxylic acids is 2. The average Bonchev–Trinajstić information content (AvgIpc) is 3.37. The molecule has 0 bridgehead atoms. The molecule has 3 unspecified atom stereocenters. The molecule has 0 aliphatic heterocycles. The number of nitrogens with one attached hydrogen (secondary N) is 1. The van der Waals surface area contributed by atoms with Gasteiger partial charge in [0.05, 0.1) is 33.8 Å². The number of ether oxygens (including phenoxy) is 1. The normalized spacial score (nSPS) is 14.5. The molecule has 0 aromatic carbocycles. The molecule has 0 spiro atoms. The largest absolute Gasteiger partial charge is 0.756 e. The molecule has 0 rings (SSSR count). The molecule has 0 radical (unpaired) electrons. The van der Waals surface area contributed by atoms with Gasteiger partial charge in [0.2, 0.25) is 5.91 Å². The number of quaternary nitrogens is 1. The van der Waals surface area contributed by atoms with Crippen LogP contribution in [0.15, 0.2) is 109 Å². The van der Waals surface area contributed by atoms with Gasteiger partial charge in [-0.1, -0.05) is 233 Å². The summed E-state index contributed by atoms with van der Waals surface area (Å²) < 4.78 is 30.2. The van der Waals surface area contributed by atoms with E-state index in [1.54, 1.807) is 0 Å². The van der Waals surface area contributed by atoms with Gasteiger partial charge in [-0.3, -0.25) is 14.2 Å². The molecule has 9 nitrogen and oxygen atoms in total. The third-order valence-corrected chi connectivity index (χ3v) is 13.7. The van der Waals surface area contributed by atoms with Gasteiger partial charge in [0, 0.05) is 12.8 Å². The highest BCUT2D eigenvalue weighted by molar-refractivity contribution is 7.45. The maximum atomic E-state index is 13.5. The van der Waals surface area contributed by atoms with E-state index in [4.69, 9.17) is 13.8 Å². The molecule has 75 heavy (non-hydrogen) atoms. The number of nitrogens with zero attached hydrogens (tertiary/aromatic N) is 1. The van der Waals surface area contributed by atoms with Crippen molar-refractivity contribution < 1.29 is 37.3 Å². The number of unbranched alkanes of at least 4 members (excludes halogenated alkanes) is 21. The predicted molar refractivity (Wildman–Crippen MR) is 320 cm³/mol. The number of rotatable bonds is 53. The number of hydrogen-bond acceptors (Lipinski definition) is 7. The van der Waals surface area contributed by atoms with Gasteiger partial charge in [-0.2, -0.15) is 0 Å². The molecule has 0 heterocycles. The number of amides is 1. The van der Waals surface area contributed by atoms with Crippen LogP contribution in [0.2, 0.25) is 0 Å². The molecular formula is C65H113N2O7P. The van der Waals surface area contributed by atoms with Crippen LogP contribution in [0.4, 0.5) is 0 Å². The first-order valence-corrected chi connectivity index (χ1v) is 31.7. The van der Waals surface area contributed by atoms with Crippen LogP contribution >= 0.6 is 7.82 Å². The molecule has 430 valence electrons. The van der Waals surface area contributed by atoms with Crippen LogP contribution in [0.3, 0.4) is 0 Å². The molecular weight excluding hydrogens is 952 g/mol. The molecule has 0 saturated heterocycles. The highest BCUT2D eigenvalue weighted by Gasteiger charge is 2.27. The lowest BCUT2D eigenvalue weighted by atomic mass is 10.0. The number of phosphoric acid groups is 1. The fourth-order valence-corrected chi connectivity index (χ4v) is 8.77. The minimum atomic E-state index is -4.73. The number of carbonyl (C=O) groups is 2. The molecule has 1 N–H and O–H groups in total. The number of allylic oxidation sites excluding steroid dienone is 17. The van der Waals surface area contributed by atoms with Gasteiger partial charge >= 0.3 is 5.97 Å². The lowest BCUT2D eigenvalue weighted by Crippen LogP contribution is -2.47. The smallest absolute Gasteiger partial charge is 0.306 e. The third-order valence-electron chi connectivity index (χ3n) is 12.7. The van der Waals surface area contributed by atoms with Crippen molar-refractivity contribution in [3.8, 4) is 0 Å². The Kier molecular flexibility index (Phi) is 51.6. The van der Waals surface area contributed by atoms with E-state index in [0.717, 1.165) is 89.9 Å².